The molecular formula is C16H21NO4. The zero-order valence-corrected chi connectivity index (χ0v) is 12.4. The molecule has 0 aliphatic carbocycles. The van der Waals surface area contributed by atoms with Gasteiger partial charge in [-0.1, -0.05) is 6.07 Å². The first-order valence-corrected chi connectivity index (χ1v) is 6.87. The molecule has 5 nitrogen and oxygen atoms in total. The second-order valence-corrected chi connectivity index (χ2v) is 4.64. The lowest BCUT2D eigenvalue weighted by atomic mass is 10.1. The van der Waals surface area contributed by atoms with Gasteiger partial charge in [0, 0.05) is 0 Å². The highest BCUT2D eigenvalue weighted by Crippen LogP contribution is 2.27. The molecule has 0 aliphatic rings. The van der Waals surface area contributed by atoms with Crippen LogP contribution in [0.25, 0.3) is 0 Å². The number of hydrogen-bond acceptors (Lipinski definition) is 5. The van der Waals surface area contributed by atoms with Crippen molar-refractivity contribution in [1.82, 2.24) is 5.32 Å². The van der Waals surface area contributed by atoms with Gasteiger partial charge < -0.3 is 24.3 Å². The summed E-state index contributed by atoms with van der Waals surface area (Å²) in [4.78, 5) is 0. The molecule has 1 aromatic heterocycles. The normalized spacial score (nSPS) is 10.6. The summed E-state index contributed by atoms with van der Waals surface area (Å²) in [6.07, 6.45) is 0.883. The van der Waals surface area contributed by atoms with Gasteiger partial charge in [0.25, 0.3) is 0 Å². The Morgan fingerprint density at radius 3 is 2.48 bits per heavy atom. The smallest absolute Gasteiger partial charge is 0.160 e. The average molecular weight is 291 g/mol. The van der Waals surface area contributed by atoms with Gasteiger partial charge in [0.2, 0.25) is 0 Å². The van der Waals surface area contributed by atoms with Crippen LogP contribution in [0.5, 0.6) is 11.5 Å². The van der Waals surface area contributed by atoms with Crippen LogP contribution in [-0.2, 0) is 19.6 Å². The van der Waals surface area contributed by atoms with E-state index in [0.717, 1.165) is 30.2 Å². The fraction of sp³-hybridized carbons (Fsp3) is 0.375. The van der Waals surface area contributed by atoms with Crippen LogP contribution in [0.15, 0.2) is 34.7 Å². The third-order valence-corrected chi connectivity index (χ3v) is 3.21. The largest absolute Gasteiger partial charge is 0.493 e. The van der Waals surface area contributed by atoms with E-state index in [-0.39, 0.29) is 6.61 Å². The molecule has 0 radical (unpaired) electrons. The van der Waals surface area contributed by atoms with Gasteiger partial charge in [-0.2, -0.15) is 0 Å². The Hall–Kier alpha value is -1.98. The number of benzene rings is 1. The van der Waals surface area contributed by atoms with Crippen LogP contribution < -0.4 is 14.8 Å². The zero-order chi connectivity index (χ0) is 15.1. The Morgan fingerprint density at radius 1 is 1.05 bits per heavy atom. The van der Waals surface area contributed by atoms with E-state index in [9.17, 15) is 0 Å². The molecule has 0 spiro atoms. The third kappa shape index (κ3) is 4.24. The minimum Gasteiger partial charge on any atom is -0.493 e. The molecule has 1 aromatic carbocycles. The molecule has 0 amide bonds. The summed E-state index contributed by atoms with van der Waals surface area (Å²) in [6, 6.07) is 9.57. The van der Waals surface area contributed by atoms with Crippen LogP contribution in [0.2, 0.25) is 0 Å². The van der Waals surface area contributed by atoms with Crippen LogP contribution >= 0.6 is 0 Å². The van der Waals surface area contributed by atoms with Crippen molar-refractivity contribution in [3.8, 4) is 11.5 Å². The lowest BCUT2D eigenvalue weighted by Crippen LogP contribution is -2.16. The zero-order valence-electron chi connectivity index (χ0n) is 12.4. The van der Waals surface area contributed by atoms with Crippen molar-refractivity contribution in [2.75, 3.05) is 20.8 Å². The quantitative estimate of drug-likeness (QED) is 0.729. The molecule has 1 heterocycles. The second-order valence-electron chi connectivity index (χ2n) is 4.64. The first kappa shape index (κ1) is 15.4. The van der Waals surface area contributed by atoms with Gasteiger partial charge in [0.05, 0.1) is 20.8 Å². The number of rotatable bonds is 8. The summed E-state index contributed by atoms with van der Waals surface area (Å²) < 4.78 is 15.9. The number of ether oxygens (including phenoxy) is 2. The number of nitrogens with one attached hydrogen (secondary N) is 1. The monoisotopic (exact) mass is 291 g/mol. The standard InChI is InChI=1S/C16H21NO4/c1-19-15-6-3-12(9-16(15)20-2)7-8-17-10-13-4-5-14(11-18)21-13/h3-6,9,17-18H,7-8,10-11H2,1-2H3. The van der Waals surface area contributed by atoms with E-state index < -0.39 is 0 Å². The minimum absolute atomic E-state index is 0.0638. The fourth-order valence-corrected chi connectivity index (χ4v) is 2.08. The molecule has 0 saturated heterocycles. The summed E-state index contributed by atoms with van der Waals surface area (Å²) >= 11 is 0. The van der Waals surface area contributed by atoms with Crippen molar-refractivity contribution in [1.29, 1.82) is 0 Å². The molecule has 2 rings (SSSR count). The van der Waals surface area contributed by atoms with E-state index in [4.69, 9.17) is 19.0 Å². The molecule has 114 valence electrons. The second kappa shape index (κ2) is 7.71. The Kier molecular flexibility index (Phi) is 5.66. The highest BCUT2D eigenvalue weighted by molar-refractivity contribution is 5.42. The van der Waals surface area contributed by atoms with Crippen LogP contribution in [0.1, 0.15) is 17.1 Å². The number of methoxy groups -OCH3 is 2. The predicted octanol–water partition coefficient (Wildman–Crippen LogP) is 2.12. The van der Waals surface area contributed by atoms with Crippen LogP contribution in [0, 0.1) is 0 Å². The van der Waals surface area contributed by atoms with Gasteiger partial charge in [-0.3, -0.25) is 0 Å². The Morgan fingerprint density at radius 2 is 1.81 bits per heavy atom. The van der Waals surface area contributed by atoms with Crippen LogP contribution in [0.3, 0.4) is 0 Å². The van der Waals surface area contributed by atoms with Crippen molar-refractivity contribution in [2.45, 2.75) is 19.6 Å². The van der Waals surface area contributed by atoms with Crippen molar-refractivity contribution in [3.05, 3.63) is 47.4 Å². The van der Waals surface area contributed by atoms with E-state index in [2.05, 4.69) is 5.32 Å². The van der Waals surface area contributed by atoms with Crippen molar-refractivity contribution in [2.24, 2.45) is 0 Å². The molecule has 0 bridgehead atoms. The van der Waals surface area contributed by atoms with E-state index in [1.54, 1.807) is 20.3 Å². The number of hydrogen-bond donors (Lipinski definition) is 2. The minimum atomic E-state index is -0.0638. The van der Waals surface area contributed by atoms with Crippen molar-refractivity contribution < 1.29 is 19.0 Å². The molecule has 2 aromatic rings. The SMILES string of the molecule is COc1ccc(CCNCc2ccc(CO)o2)cc1OC. The Labute approximate surface area is 124 Å². The summed E-state index contributed by atoms with van der Waals surface area (Å²) in [5.41, 5.74) is 1.18. The average Bonchev–Trinajstić information content (AvgIpc) is 2.99. The first-order valence-electron chi connectivity index (χ1n) is 6.87. The fourth-order valence-electron chi connectivity index (χ4n) is 2.08. The number of aliphatic hydroxyl groups is 1. The van der Waals surface area contributed by atoms with Crippen molar-refractivity contribution in [3.63, 3.8) is 0 Å². The summed E-state index contributed by atoms with van der Waals surface area (Å²) in [6.45, 7) is 1.41. The van der Waals surface area contributed by atoms with E-state index in [0.29, 0.717) is 12.3 Å². The molecule has 0 fully saturated rings. The third-order valence-electron chi connectivity index (χ3n) is 3.21. The molecule has 0 atom stereocenters. The molecular weight excluding hydrogens is 270 g/mol. The number of furan rings is 1. The highest BCUT2D eigenvalue weighted by Gasteiger charge is 2.05. The highest BCUT2D eigenvalue weighted by atomic mass is 16.5. The van der Waals surface area contributed by atoms with Gasteiger partial charge >= 0.3 is 0 Å². The maximum Gasteiger partial charge on any atom is 0.160 e. The predicted molar refractivity (Wildman–Crippen MR) is 79.6 cm³/mol. The molecule has 0 saturated carbocycles. The lowest BCUT2D eigenvalue weighted by molar-refractivity contribution is 0.243. The first-order chi connectivity index (χ1) is 10.3. The Bertz CT molecular complexity index is 565. The Balaban J connectivity index is 1.80. The molecule has 0 aliphatic heterocycles. The lowest BCUT2D eigenvalue weighted by Gasteiger charge is -2.09. The summed E-state index contributed by atoms with van der Waals surface area (Å²) in [5.74, 6) is 2.90. The van der Waals surface area contributed by atoms with E-state index in [1.807, 2.05) is 24.3 Å². The maximum atomic E-state index is 8.93. The summed E-state index contributed by atoms with van der Waals surface area (Å²) in [5, 5.41) is 12.2. The van der Waals surface area contributed by atoms with Crippen LogP contribution in [0.4, 0.5) is 0 Å². The molecule has 21 heavy (non-hydrogen) atoms. The van der Waals surface area contributed by atoms with E-state index in [1.165, 1.54) is 5.56 Å². The molecule has 5 heteroatoms. The number of aliphatic hydroxyl groups excluding tert-OH is 1. The van der Waals surface area contributed by atoms with Gasteiger partial charge in [-0.25, -0.2) is 0 Å². The van der Waals surface area contributed by atoms with Gasteiger partial charge in [0.15, 0.2) is 11.5 Å². The van der Waals surface area contributed by atoms with E-state index >= 15 is 0 Å². The van der Waals surface area contributed by atoms with Gasteiger partial charge in [-0.05, 0) is 42.8 Å². The topological polar surface area (TPSA) is 63.9 Å². The van der Waals surface area contributed by atoms with Crippen molar-refractivity contribution >= 4 is 0 Å². The van der Waals surface area contributed by atoms with Crippen LogP contribution in [-0.4, -0.2) is 25.9 Å². The summed E-state index contributed by atoms with van der Waals surface area (Å²) in [7, 11) is 3.26. The maximum absolute atomic E-state index is 8.93. The van der Waals surface area contributed by atoms with Gasteiger partial charge in [-0.15, -0.1) is 0 Å². The van der Waals surface area contributed by atoms with Gasteiger partial charge in [0.1, 0.15) is 18.1 Å². The molecule has 0 unspecified atom stereocenters. The molecule has 2 N–H and O–H groups in total.